The molecule has 3 heteroatoms. The topological polar surface area (TPSA) is 32.3 Å². The summed E-state index contributed by atoms with van der Waals surface area (Å²) in [6.07, 6.45) is 14.3. The molecular formula is C26H38N2O. The Balaban J connectivity index is 0.000000211. The Kier molecular flexibility index (Phi) is 10.5. The molecule has 2 atom stereocenters. The molecule has 1 aromatic rings. The van der Waals surface area contributed by atoms with E-state index in [2.05, 4.69) is 60.6 Å². The molecular weight excluding hydrogens is 356 g/mol. The van der Waals surface area contributed by atoms with Crippen molar-refractivity contribution in [3.8, 4) is 0 Å². The third kappa shape index (κ3) is 8.02. The predicted molar refractivity (Wildman–Crippen MR) is 124 cm³/mol. The number of rotatable bonds is 9. The monoisotopic (exact) mass is 394 g/mol. The van der Waals surface area contributed by atoms with Gasteiger partial charge in [-0.2, -0.15) is 0 Å². The number of hydrogen-bond donors (Lipinski definition) is 1. The van der Waals surface area contributed by atoms with Gasteiger partial charge in [0.15, 0.2) is 0 Å². The minimum absolute atomic E-state index is 0.327. The predicted octanol–water partition coefficient (Wildman–Crippen LogP) is 5.48. The third-order valence-corrected chi connectivity index (χ3v) is 6.32. The molecule has 0 aromatic heterocycles. The number of benzene rings is 1. The summed E-state index contributed by atoms with van der Waals surface area (Å²) in [6.45, 7) is 12.9. The Morgan fingerprint density at radius 2 is 1.93 bits per heavy atom. The average Bonchev–Trinajstić information content (AvgIpc) is 3.44. The van der Waals surface area contributed by atoms with Gasteiger partial charge in [-0.3, -0.25) is 4.79 Å². The van der Waals surface area contributed by atoms with Gasteiger partial charge in [-0.15, -0.1) is 0 Å². The van der Waals surface area contributed by atoms with Gasteiger partial charge in [0.1, 0.15) is 0 Å². The van der Waals surface area contributed by atoms with E-state index in [-0.39, 0.29) is 0 Å². The number of amides is 1. The molecule has 1 N–H and O–H groups in total. The maximum absolute atomic E-state index is 10.3. The van der Waals surface area contributed by atoms with Crippen LogP contribution in [0.2, 0.25) is 0 Å². The normalized spacial score (nSPS) is 21.1. The summed E-state index contributed by atoms with van der Waals surface area (Å²) in [6, 6.07) is 11.3. The van der Waals surface area contributed by atoms with Crippen molar-refractivity contribution in [2.45, 2.75) is 57.4 Å². The Labute approximate surface area is 177 Å². The molecule has 2 aliphatic rings. The molecule has 29 heavy (non-hydrogen) atoms. The molecule has 0 spiro atoms. The molecule has 2 fully saturated rings. The van der Waals surface area contributed by atoms with Gasteiger partial charge in [-0.25, -0.2) is 0 Å². The van der Waals surface area contributed by atoms with Crippen molar-refractivity contribution in [2.75, 3.05) is 19.6 Å². The summed E-state index contributed by atoms with van der Waals surface area (Å²) in [4.78, 5) is 12.7. The van der Waals surface area contributed by atoms with Crippen molar-refractivity contribution in [2.24, 2.45) is 5.92 Å². The van der Waals surface area contributed by atoms with E-state index in [0.717, 1.165) is 50.7 Å². The molecule has 1 aliphatic heterocycles. The number of nitrogens with zero attached hydrogens (tertiary/aromatic N) is 1. The lowest BCUT2D eigenvalue weighted by atomic mass is 9.87. The van der Waals surface area contributed by atoms with Gasteiger partial charge < -0.3 is 10.2 Å². The SMILES string of the molecule is C=C/C=C(\C=C)CCN1CCC(NC=O)C1.CC(c1ccccc1)C1CCCC1. The van der Waals surface area contributed by atoms with Gasteiger partial charge in [0.2, 0.25) is 6.41 Å². The second-order valence-corrected chi connectivity index (χ2v) is 8.25. The summed E-state index contributed by atoms with van der Waals surface area (Å²) < 4.78 is 0. The first-order valence-electron chi connectivity index (χ1n) is 11.1. The highest BCUT2D eigenvalue weighted by molar-refractivity contribution is 5.46. The van der Waals surface area contributed by atoms with Crippen LogP contribution in [0.4, 0.5) is 0 Å². The second-order valence-electron chi connectivity index (χ2n) is 8.25. The highest BCUT2D eigenvalue weighted by Gasteiger charge is 2.22. The first kappa shape index (κ1) is 23.2. The molecule has 1 saturated heterocycles. The molecule has 1 saturated carbocycles. The molecule has 1 amide bonds. The van der Waals surface area contributed by atoms with E-state index in [1.807, 2.05) is 12.2 Å². The van der Waals surface area contributed by atoms with Crippen molar-refractivity contribution in [3.05, 3.63) is 72.9 Å². The van der Waals surface area contributed by atoms with E-state index < -0.39 is 0 Å². The Bertz CT molecular complexity index is 646. The maximum Gasteiger partial charge on any atom is 0.207 e. The quantitative estimate of drug-likeness (QED) is 0.444. The van der Waals surface area contributed by atoms with Crippen LogP contribution in [-0.2, 0) is 4.79 Å². The lowest BCUT2D eigenvalue weighted by molar-refractivity contribution is -0.110. The first-order chi connectivity index (χ1) is 14.2. The van der Waals surface area contributed by atoms with Crippen molar-refractivity contribution in [3.63, 3.8) is 0 Å². The van der Waals surface area contributed by atoms with E-state index in [1.165, 1.54) is 36.8 Å². The minimum Gasteiger partial charge on any atom is -0.355 e. The fraction of sp³-hybridized carbons (Fsp3) is 0.500. The number of hydrogen-bond acceptors (Lipinski definition) is 2. The summed E-state index contributed by atoms with van der Waals surface area (Å²) in [5.41, 5.74) is 2.73. The van der Waals surface area contributed by atoms with Crippen LogP contribution >= 0.6 is 0 Å². The zero-order chi connectivity index (χ0) is 20.9. The summed E-state index contributed by atoms with van der Waals surface area (Å²) in [5.74, 6) is 1.71. The zero-order valence-electron chi connectivity index (χ0n) is 18.1. The number of carbonyl (C=O) groups is 1. The van der Waals surface area contributed by atoms with E-state index in [0.29, 0.717) is 6.04 Å². The Hall–Kier alpha value is -2.13. The maximum atomic E-state index is 10.3. The summed E-state index contributed by atoms with van der Waals surface area (Å²) in [5, 5.41) is 2.83. The van der Waals surface area contributed by atoms with E-state index >= 15 is 0 Å². The summed E-state index contributed by atoms with van der Waals surface area (Å²) in [7, 11) is 0. The van der Waals surface area contributed by atoms with Crippen LogP contribution in [0, 0.1) is 5.92 Å². The summed E-state index contributed by atoms with van der Waals surface area (Å²) >= 11 is 0. The smallest absolute Gasteiger partial charge is 0.207 e. The van der Waals surface area contributed by atoms with Crippen LogP contribution in [-0.4, -0.2) is 37.0 Å². The average molecular weight is 395 g/mol. The first-order valence-corrected chi connectivity index (χ1v) is 11.1. The molecule has 3 rings (SSSR count). The molecule has 2 unspecified atom stereocenters. The second kappa shape index (κ2) is 13.2. The van der Waals surface area contributed by atoms with Gasteiger partial charge in [0, 0.05) is 25.7 Å². The number of nitrogens with one attached hydrogen (secondary N) is 1. The fourth-order valence-electron chi connectivity index (χ4n) is 4.45. The van der Waals surface area contributed by atoms with Gasteiger partial charge in [0.25, 0.3) is 0 Å². The van der Waals surface area contributed by atoms with Crippen LogP contribution in [0.3, 0.4) is 0 Å². The van der Waals surface area contributed by atoms with Gasteiger partial charge in [-0.05, 0) is 48.7 Å². The molecule has 0 bridgehead atoms. The Morgan fingerprint density at radius 1 is 1.21 bits per heavy atom. The van der Waals surface area contributed by atoms with Crippen molar-refractivity contribution in [1.29, 1.82) is 0 Å². The number of carbonyl (C=O) groups excluding carboxylic acids is 1. The highest BCUT2D eigenvalue weighted by atomic mass is 16.1. The standard InChI is InChI=1S/C13H20N2O.C13H18/c1-3-5-12(4-2)6-8-15-9-7-13(10-15)14-11-16;1-11(13-9-5-6-10-13)12-7-3-2-4-8-12/h3-5,11,13H,1-2,6-10H2,(H,14,16);2-4,7-8,11,13H,5-6,9-10H2,1H3/b12-5+;. The fourth-order valence-corrected chi connectivity index (χ4v) is 4.45. The number of allylic oxidation sites excluding steroid dienone is 3. The molecule has 1 heterocycles. The van der Waals surface area contributed by atoms with Gasteiger partial charge in [0.05, 0.1) is 0 Å². The van der Waals surface area contributed by atoms with Crippen molar-refractivity contribution < 1.29 is 4.79 Å². The largest absolute Gasteiger partial charge is 0.355 e. The van der Waals surface area contributed by atoms with E-state index in [9.17, 15) is 4.79 Å². The van der Waals surface area contributed by atoms with Crippen LogP contribution < -0.4 is 5.32 Å². The minimum atomic E-state index is 0.327. The van der Waals surface area contributed by atoms with Crippen LogP contribution in [0.1, 0.15) is 56.9 Å². The van der Waals surface area contributed by atoms with Gasteiger partial charge >= 0.3 is 0 Å². The van der Waals surface area contributed by atoms with E-state index in [1.54, 1.807) is 6.08 Å². The number of likely N-dealkylation sites (tertiary alicyclic amines) is 1. The van der Waals surface area contributed by atoms with Gasteiger partial charge in [-0.1, -0.05) is 81.5 Å². The molecule has 3 nitrogen and oxygen atoms in total. The van der Waals surface area contributed by atoms with Crippen LogP contribution in [0.5, 0.6) is 0 Å². The van der Waals surface area contributed by atoms with E-state index in [4.69, 9.17) is 0 Å². The Morgan fingerprint density at radius 3 is 2.55 bits per heavy atom. The van der Waals surface area contributed by atoms with Crippen LogP contribution in [0.15, 0.2) is 67.3 Å². The van der Waals surface area contributed by atoms with Crippen LogP contribution in [0.25, 0.3) is 0 Å². The lowest BCUT2D eigenvalue weighted by Crippen LogP contribution is -2.31. The molecule has 158 valence electrons. The zero-order valence-corrected chi connectivity index (χ0v) is 18.1. The molecule has 1 aromatic carbocycles. The highest BCUT2D eigenvalue weighted by Crippen LogP contribution is 2.36. The van der Waals surface area contributed by atoms with Crippen molar-refractivity contribution in [1.82, 2.24) is 10.2 Å². The van der Waals surface area contributed by atoms with Crippen molar-refractivity contribution >= 4 is 6.41 Å². The molecule has 1 aliphatic carbocycles. The third-order valence-electron chi connectivity index (χ3n) is 6.32. The molecule has 0 radical (unpaired) electrons. The lowest BCUT2D eigenvalue weighted by Gasteiger charge is -2.18.